The number of alkyl halides is 3. The molecular formula is C16H16F3NO2S. The maximum Gasteiger partial charge on any atom is 0.416 e. The molecule has 2 aromatic rings. The second kappa shape index (κ2) is 6.72. The van der Waals surface area contributed by atoms with Gasteiger partial charge in [-0.25, -0.2) is 13.1 Å². The summed E-state index contributed by atoms with van der Waals surface area (Å²) >= 11 is 0. The predicted octanol–water partition coefficient (Wildman–Crippen LogP) is 3.63. The average molecular weight is 343 g/mol. The van der Waals surface area contributed by atoms with Crippen molar-refractivity contribution in [2.45, 2.75) is 25.4 Å². The standard InChI is InChI=1S/C16H16F3NO2S/c1-12-5-2-3-7-14(12)11-23(21,22)20-10-13-6-4-8-15(9-13)16(17,18)19/h2-9,20H,10-11H2,1H3. The summed E-state index contributed by atoms with van der Waals surface area (Å²) in [5, 5.41) is 0. The highest BCUT2D eigenvalue weighted by molar-refractivity contribution is 7.88. The lowest BCUT2D eigenvalue weighted by Gasteiger charge is -2.11. The van der Waals surface area contributed by atoms with Gasteiger partial charge in [0.25, 0.3) is 0 Å². The summed E-state index contributed by atoms with van der Waals surface area (Å²) in [4.78, 5) is 0. The van der Waals surface area contributed by atoms with Crippen LogP contribution in [0.1, 0.15) is 22.3 Å². The number of sulfonamides is 1. The number of hydrogen-bond acceptors (Lipinski definition) is 2. The van der Waals surface area contributed by atoms with Gasteiger partial charge < -0.3 is 0 Å². The van der Waals surface area contributed by atoms with Crippen LogP contribution in [0.3, 0.4) is 0 Å². The summed E-state index contributed by atoms with van der Waals surface area (Å²) in [5.41, 5.74) is 0.960. The second-order valence-corrected chi connectivity index (χ2v) is 7.01. The van der Waals surface area contributed by atoms with Crippen LogP contribution < -0.4 is 4.72 Å². The summed E-state index contributed by atoms with van der Waals surface area (Å²) < 4.78 is 64.4. The summed E-state index contributed by atoms with van der Waals surface area (Å²) in [6, 6.07) is 11.7. The van der Waals surface area contributed by atoms with Crippen molar-refractivity contribution >= 4 is 10.0 Å². The molecule has 7 heteroatoms. The number of hydrogen-bond donors (Lipinski definition) is 1. The van der Waals surface area contributed by atoms with Gasteiger partial charge in [-0.15, -0.1) is 0 Å². The van der Waals surface area contributed by atoms with Crippen LogP contribution in [0.25, 0.3) is 0 Å². The van der Waals surface area contributed by atoms with Gasteiger partial charge in [-0.3, -0.25) is 0 Å². The zero-order valence-corrected chi connectivity index (χ0v) is 13.2. The van der Waals surface area contributed by atoms with E-state index >= 15 is 0 Å². The van der Waals surface area contributed by atoms with E-state index in [1.54, 1.807) is 25.1 Å². The number of rotatable bonds is 5. The summed E-state index contributed by atoms with van der Waals surface area (Å²) in [7, 11) is -3.63. The number of aryl methyl sites for hydroxylation is 1. The Balaban J connectivity index is 2.07. The zero-order chi connectivity index (χ0) is 17.1. The van der Waals surface area contributed by atoms with E-state index in [-0.39, 0.29) is 17.9 Å². The van der Waals surface area contributed by atoms with Gasteiger partial charge in [-0.05, 0) is 29.7 Å². The third kappa shape index (κ3) is 5.07. The van der Waals surface area contributed by atoms with Crippen molar-refractivity contribution in [3.63, 3.8) is 0 Å². The van der Waals surface area contributed by atoms with Crippen LogP contribution in [0, 0.1) is 6.92 Å². The van der Waals surface area contributed by atoms with Crippen LogP contribution in [-0.4, -0.2) is 8.42 Å². The third-order valence-electron chi connectivity index (χ3n) is 3.36. The van der Waals surface area contributed by atoms with Gasteiger partial charge in [0.05, 0.1) is 11.3 Å². The Hall–Kier alpha value is -1.86. The highest BCUT2D eigenvalue weighted by atomic mass is 32.2. The lowest BCUT2D eigenvalue weighted by atomic mass is 10.1. The summed E-state index contributed by atoms with van der Waals surface area (Å²) in [6.07, 6.45) is -4.45. The molecule has 0 bridgehead atoms. The first-order valence-electron chi connectivity index (χ1n) is 6.85. The molecule has 0 aromatic heterocycles. The Morgan fingerprint density at radius 3 is 2.39 bits per heavy atom. The first-order chi connectivity index (χ1) is 10.7. The van der Waals surface area contributed by atoms with Gasteiger partial charge >= 0.3 is 6.18 Å². The molecule has 0 fully saturated rings. The van der Waals surface area contributed by atoms with Crippen molar-refractivity contribution in [1.29, 1.82) is 0 Å². The highest BCUT2D eigenvalue weighted by Crippen LogP contribution is 2.29. The van der Waals surface area contributed by atoms with E-state index in [4.69, 9.17) is 0 Å². The van der Waals surface area contributed by atoms with Crippen LogP contribution in [0.2, 0.25) is 0 Å². The van der Waals surface area contributed by atoms with Gasteiger partial charge in [0, 0.05) is 6.54 Å². The second-order valence-electron chi connectivity index (χ2n) is 5.20. The Morgan fingerprint density at radius 2 is 1.74 bits per heavy atom. The molecule has 0 saturated carbocycles. The normalized spacial score (nSPS) is 12.3. The summed E-state index contributed by atoms with van der Waals surface area (Å²) in [5.74, 6) is -0.210. The number of benzene rings is 2. The Bertz CT molecular complexity index is 786. The fourth-order valence-electron chi connectivity index (χ4n) is 2.08. The Labute approximate surface area is 133 Å². The first kappa shape index (κ1) is 17.5. The fraction of sp³-hybridized carbons (Fsp3) is 0.250. The molecule has 0 aliphatic heterocycles. The minimum atomic E-state index is -4.45. The smallest absolute Gasteiger partial charge is 0.212 e. The highest BCUT2D eigenvalue weighted by Gasteiger charge is 2.30. The van der Waals surface area contributed by atoms with E-state index in [9.17, 15) is 21.6 Å². The van der Waals surface area contributed by atoms with E-state index in [0.717, 1.165) is 17.7 Å². The lowest BCUT2D eigenvalue weighted by molar-refractivity contribution is -0.137. The molecule has 0 unspecified atom stereocenters. The van der Waals surface area contributed by atoms with Gasteiger partial charge in [0.1, 0.15) is 0 Å². The number of nitrogens with one attached hydrogen (secondary N) is 1. The fourth-order valence-corrected chi connectivity index (χ4v) is 3.30. The minimum Gasteiger partial charge on any atom is -0.212 e. The molecule has 2 aromatic carbocycles. The molecule has 0 spiro atoms. The van der Waals surface area contributed by atoms with Crippen LogP contribution >= 0.6 is 0 Å². The van der Waals surface area contributed by atoms with E-state index < -0.39 is 21.8 Å². The zero-order valence-electron chi connectivity index (χ0n) is 12.4. The van der Waals surface area contributed by atoms with Crippen LogP contribution in [0.4, 0.5) is 13.2 Å². The van der Waals surface area contributed by atoms with Gasteiger partial charge in [-0.2, -0.15) is 13.2 Å². The van der Waals surface area contributed by atoms with Crippen molar-refractivity contribution in [2.24, 2.45) is 0 Å². The monoisotopic (exact) mass is 343 g/mol. The van der Waals surface area contributed by atoms with Crippen LogP contribution in [0.15, 0.2) is 48.5 Å². The lowest BCUT2D eigenvalue weighted by Crippen LogP contribution is -2.25. The van der Waals surface area contributed by atoms with Crippen LogP contribution in [-0.2, 0) is 28.5 Å². The maximum atomic E-state index is 12.6. The van der Waals surface area contributed by atoms with Gasteiger partial charge in [0.2, 0.25) is 10.0 Å². The SMILES string of the molecule is Cc1ccccc1CS(=O)(=O)NCc1cccc(C(F)(F)F)c1. The third-order valence-corrected chi connectivity index (χ3v) is 4.63. The van der Waals surface area contributed by atoms with E-state index in [0.29, 0.717) is 5.56 Å². The van der Waals surface area contributed by atoms with Crippen molar-refractivity contribution in [3.05, 3.63) is 70.8 Å². The topological polar surface area (TPSA) is 46.2 Å². The van der Waals surface area contributed by atoms with E-state index in [2.05, 4.69) is 4.72 Å². The quantitative estimate of drug-likeness (QED) is 0.901. The molecule has 124 valence electrons. The molecule has 0 radical (unpaired) electrons. The molecule has 3 nitrogen and oxygen atoms in total. The molecule has 0 saturated heterocycles. The molecular weight excluding hydrogens is 327 g/mol. The van der Waals surface area contributed by atoms with E-state index in [1.807, 2.05) is 6.07 Å². The Morgan fingerprint density at radius 1 is 1.04 bits per heavy atom. The van der Waals surface area contributed by atoms with Crippen LogP contribution in [0.5, 0.6) is 0 Å². The van der Waals surface area contributed by atoms with Gasteiger partial charge in [-0.1, -0.05) is 42.5 Å². The molecule has 23 heavy (non-hydrogen) atoms. The first-order valence-corrected chi connectivity index (χ1v) is 8.50. The molecule has 0 aliphatic rings. The van der Waals surface area contributed by atoms with Crippen molar-refractivity contribution in [1.82, 2.24) is 4.72 Å². The molecule has 0 aliphatic carbocycles. The molecule has 2 rings (SSSR count). The van der Waals surface area contributed by atoms with Crippen molar-refractivity contribution in [3.8, 4) is 0 Å². The average Bonchev–Trinajstić information content (AvgIpc) is 2.47. The number of halogens is 3. The molecule has 0 atom stereocenters. The van der Waals surface area contributed by atoms with E-state index in [1.165, 1.54) is 12.1 Å². The van der Waals surface area contributed by atoms with Crippen molar-refractivity contribution in [2.75, 3.05) is 0 Å². The molecule has 0 heterocycles. The summed E-state index contributed by atoms with van der Waals surface area (Å²) in [6.45, 7) is 1.62. The van der Waals surface area contributed by atoms with Crippen molar-refractivity contribution < 1.29 is 21.6 Å². The maximum absolute atomic E-state index is 12.6. The molecule has 0 amide bonds. The Kier molecular flexibility index (Phi) is 5.11. The minimum absolute atomic E-state index is 0.182. The van der Waals surface area contributed by atoms with Gasteiger partial charge in [0.15, 0.2) is 0 Å². The molecule has 1 N–H and O–H groups in total. The largest absolute Gasteiger partial charge is 0.416 e. The predicted molar refractivity (Wildman–Crippen MR) is 82.1 cm³/mol.